The molecule has 2 aromatic carbocycles. The summed E-state index contributed by atoms with van der Waals surface area (Å²) in [7, 11) is 1.68. The average Bonchev–Trinajstić information content (AvgIpc) is 3.19. The SMILES string of the molecule is COc1ccc(C(CN=C(N)Nc2ccc3c(c2)OCCCO3)N2CCCC2)cc1.I. The van der Waals surface area contributed by atoms with Crippen molar-refractivity contribution in [3.63, 3.8) is 0 Å². The lowest BCUT2D eigenvalue weighted by molar-refractivity contribution is 0.251. The van der Waals surface area contributed by atoms with Crippen LogP contribution in [0.4, 0.5) is 5.69 Å². The van der Waals surface area contributed by atoms with Gasteiger partial charge in [-0.2, -0.15) is 0 Å². The van der Waals surface area contributed by atoms with Crippen molar-refractivity contribution in [2.45, 2.75) is 25.3 Å². The molecule has 168 valence electrons. The first-order valence-corrected chi connectivity index (χ1v) is 10.6. The van der Waals surface area contributed by atoms with E-state index in [1.165, 1.54) is 18.4 Å². The molecule has 0 saturated carbocycles. The zero-order valence-corrected chi connectivity index (χ0v) is 20.2. The Morgan fingerprint density at radius 1 is 1.06 bits per heavy atom. The first-order valence-electron chi connectivity index (χ1n) is 10.6. The number of ether oxygens (including phenoxy) is 3. The topological polar surface area (TPSA) is 81.3 Å². The van der Waals surface area contributed by atoms with Crippen LogP contribution in [0.2, 0.25) is 0 Å². The van der Waals surface area contributed by atoms with Crippen LogP contribution in [0.5, 0.6) is 17.2 Å². The van der Waals surface area contributed by atoms with E-state index in [0.717, 1.165) is 42.4 Å². The average molecular weight is 538 g/mol. The number of nitrogens with two attached hydrogens (primary N) is 1. The second-order valence-electron chi connectivity index (χ2n) is 7.59. The first kappa shape index (κ1) is 23.5. The number of nitrogens with one attached hydrogen (secondary N) is 1. The molecule has 2 aliphatic rings. The summed E-state index contributed by atoms with van der Waals surface area (Å²) >= 11 is 0. The molecule has 3 N–H and O–H groups in total. The number of guanidine groups is 1. The van der Waals surface area contributed by atoms with E-state index in [9.17, 15) is 0 Å². The maximum Gasteiger partial charge on any atom is 0.193 e. The molecule has 2 aromatic rings. The Balaban J connectivity index is 0.00000272. The lowest BCUT2D eigenvalue weighted by Crippen LogP contribution is -2.30. The minimum absolute atomic E-state index is 0. The van der Waals surface area contributed by atoms with Crippen LogP contribution >= 0.6 is 24.0 Å². The van der Waals surface area contributed by atoms with Gasteiger partial charge in [0.15, 0.2) is 17.5 Å². The van der Waals surface area contributed by atoms with Gasteiger partial charge in [-0.25, -0.2) is 0 Å². The van der Waals surface area contributed by atoms with E-state index >= 15 is 0 Å². The summed E-state index contributed by atoms with van der Waals surface area (Å²) in [4.78, 5) is 7.13. The van der Waals surface area contributed by atoms with E-state index in [1.807, 2.05) is 30.3 Å². The van der Waals surface area contributed by atoms with E-state index in [0.29, 0.717) is 25.7 Å². The number of hydrogen-bond donors (Lipinski definition) is 2. The van der Waals surface area contributed by atoms with Crippen LogP contribution in [0.15, 0.2) is 47.5 Å². The van der Waals surface area contributed by atoms with Crippen molar-refractivity contribution in [2.24, 2.45) is 10.7 Å². The van der Waals surface area contributed by atoms with Crippen molar-refractivity contribution in [1.29, 1.82) is 0 Å². The monoisotopic (exact) mass is 538 g/mol. The van der Waals surface area contributed by atoms with Gasteiger partial charge in [-0.05, 0) is 55.8 Å². The molecular weight excluding hydrogens is 507 g/mol. The van der Waals surface area contributed by atoms with Gasteiger partial charge in [0.25, 0.3) is 0 Å². The second-order valence-corrected chi connectivity index (χ2v) is 7.59. The number of fused-ring (bicyclic) bond motifs is 1. The number of hydrogen-bond acceptors (Lipinski definition) is 5. The second kappa shape index (κ2) is 11.4. The predicted molar refractivity (Wildman–Crippen MR) is 134 cm³/mol. The molecule has 2 aliphatic heterocycles. The van der Waals surface area contributed by atoms with Gasteiger partial charge in [0, 0.05) is 18.2 Å². The van der Waals surface area contributed by atoms with E-state index in [1.54, 1.807) is 7.11 Å². The highest BCUT2D eigenvalue weighted by molar-refractivity contribution is 14.0. The van der Waals surface area contributed by atoms with Gasteiger partial charge in [0.1, 0.15) is 5.75 Å². The molecule has 7 nitrogen and oxygen atoms in total. The number of nitrogens with zero attached hydrogens (tertiary/aromatic N) is 2. The third kappa shape index (κ3) is 6.16. The molecular formula is C23H31IN4O3. The number of halogens is 1. The van der Waals surface area contributed by atoms with E-state index in [2.05, 4.69) is 27.3 Å². The van der Waals surface area contributed by atoms with Crippen molar-refractivity contribution in [3.05, 3.63) is 48.0 Å². The Labute approximate surface area is 201 Å². The highest BCUT2D eigenvalue weighted by atomic mass is 127. The Morgan fingerprint density at radius 3 is 2.48 bits per heavy atom. The third-order valence-electron chi connectivity index (χ3n) is 5.54. The Kier molecular flexibility index (Phi) is 8.65. The standard InChI is InChI=1S/C23H30N4O3.HI/c1-28-19-8-5-17(6-9-19)20(27-11-2-3-12-27)16-25-23(24)26-18-7-10-21-22(15-18)30-14-4-13-29-21;/h5-10,15,20H,2-4,11-14,16H2,1H3,(H3,24,25,26);1H. The normalized spacial score (nSPS) is 17.4. The lowest BCUT2D eigenvalue weighted by atomic mass is 10.1. The van der Waals surface area contributed by atoms with Crippen LogP contribution in [0.25, 0.3) is 0 Å². The number of aliphatic imine (C=N–C) groups is 1. The minimum Gasteiger partial charge on any atom is -0.497 e. The summed E-state index contributed by atoms with van der Waals surface area (Å²) in [6, 6.07) is 14.2. The lowest BCUT2D eigenvalue weighted by Gasteiger charge is -2.27. The number of anilines is 1. The van der Waals surface area contributed by atoms with Gasteiger partial charge in [-0.15, -0.1) is 24.0 Å². The number of likely N-dealkylation sites (tertiary alicyclic amines) is 1. The number of rotatable bonds is 6. The van der Waals surface area contributed by atoms with Gasteiger partial charge in [-0.3, -0.25) is 9.89 Å². The molecule has 0 amide bonds. The molecule has 1 saturated heterocycles. The fourth-order valence-corrected chi connectivity index (χ4v) is 3.92. The largest absolute Gasteiger partial charge is 0.497 e. The maximum absolute atomic E-state index is 6.21. The number of benzene rings is 2. The van der Waals surface area contributed by atoms with Crippen LogP contribution in [-0.4, -0.2) is 50.8 Å². The van der Waals surface area contributed by atoms with Crippen LogP contribution in [0.1, 0.15) is 30.9 Å². The van der Waals surface area contributed by atoms with Crippen LogP contribution < -0.4 is 25.3 Å². The molecule has 4 rings (SSSR count). The molecule has 0 bridgehead atoms. The van der Waals surface area contributed by atoms with E-state index < -0.39 is 0 Å². The molecule has 0 aliphatic carbocycles. The Hall–Kier alpha value is -2.20. The predicted octanol–water partition coefficient (Wildman–Crippen LogP) is 4.04. The molecule has 0 radical (unpaired) electrons. The van der Waals surface area contributed by atoms with E-state index in [-0.39, 0.29) is 30.0 Å². The van der Waals surface area contributed by atoms with Gasteiger partial charge < -0.3 is 25.3 Å². The Morgan fingerprint density at radius 2 is 1.77 bits per heavy atom. The first-order chi connectivity index (χ1) is 14.7. The van der Waals surface area contributed by atoms with Crippen molar-refractivity contribution < 1.29 is 14.2 Å². The van der Waals surface area contributed by atoms with Crippen LogP contribution in [0.3, 0.4) is 0 Å². The van der Waals surface area contributed by atoms with Crippen molar-refractivity contribution in [1.82, 2.24) is 4.90 Å². The smallest absolute Gasteiger partial charge is 0.193 e. The van der Waals surface area contributed by atoms with Gasteiger partial charge in [0.2, 0.25) is 0 Å². The molecule has 31 heavy (non-hydrogen) atoms. The van der Waals surface area contributed by atoms with Gasteiger partial charge in [-0.1, -0.05) is 12.1 Å². The molecule has 1 fully saturated rings. The highest BCUT2D eigenvalue weighted by Gasteiger charge is 2.23. The summed E-state index contributed by atoms with van der Waals surface area (Å²) in [5, 5.41) is 3.18. The number of methoxy groups -OCH3 is 1. The van der Waals surface area contributed by atoms with Crippen molar-refractivity contribution >= 4 is 35.6 Å². The maximum atomic E-state index is 6.21. The van der Waals surface area contributed by atoms with Crippen LogP contribution in [-0.2, 0) is 0 Å². The third-order valence-corrected chi connectivity index (χ3v) is 5.54. The summed E-state index contributed by atoms with van der Waals surface area (Å²) < 4.78 is 16.7. The molecule has 1 unspecified atom stereocenters. The fourth-order valence-electron chi connectivity index (χ4n) is 3.92. The van der Waals surface area contributed by atoms with Crippen LogP contribution in [0, 0.1) is 0 Å². The van der Waals surface area contributed by atoms with Gasteiger partial charge in [0.05, 0.1) is 32.9 Å². The zero-order chi connectivity index (χ0) is 20.8. The van der Waals surface area contributed by atoms with Crippen molar-refractivity contribution in [3.8, 4) is 17.2 Å². The zero-order valence-electron chi connectivity index (χ0n) is 17.9. The van der Waals surface area contributed by atoms with E-state index in [4.69, 9.17) is 19.9 Å². The molecule has 0 spiro atoms. The fraction of sp³-hybridized carbons (Fsp3) is 0.435. The molecule has 8 heteroatoms. The summed E-state index contributed by atoms with van der Waals surface area (Å²) in [5.41, 5.74) is 8.27. The van der Waals surface area contributed by atoms with Crippen molar-refractivity contribution in [2.75, 3.05) is 45.3 Å². The summed E-state index contributed by atoms with van der Waals surface area (Å²) in [6.45, 7) is 4.09. The minimum atomic E-state index is 0. The quantitative estimate of drug-likeness (QED) is 0.329. The molecule has 0 aromatic heterocycles. The summed E-state index contributed by atoms with van der Waals surface area (Å²) in [6.07, 6.45) is 3.33. The Bertz CT molecular complexity index is 870. The van der Waals surface area contributed by atoms with Gasteiger partial charge >= 0.3 is 0 Å². The molecule has 2 heterocycles. The molecule has 1 atom stereocenters. The highest BCUT2D eigenvalue weighted by Crippen LogP contribution is 2.32. The summed E-state index contributed by atoms with van der Waals surface area (Å²) in [5.74, 6) is 2.75.